The molecule has 0 radical (unpaired) electrons. The number of aliphatic hydroxyl groups is 1. The summed E-state index contributed by atoms with van der Waals surface area (Å²) in [4.78, 5) is 11.7. The van der Waals surface area contributed by atoms with Crippen molar-refractivity contribution < 1.29 is 9.90 Å². The molecule has 3 N–H and O–H groups in total. The highest BCUT2D eigenvalue weighted by molar-refractivity contribution is 5.94. The molecule has 0 aliphatic carbocycles. The molecule has 1 aromatic carbocycles. The highest BCUT2D eigenvalue weighted by Gasteiger charge is 2.05. The quantitative estimate of drug-likeness (QED) is 0.580. The van der Waals surface area contributed by atoms with Crippen LogP contribution < -0.4 is 10.6 Å². The third kappa shape index (κ3) is 7.14. The van der Waals surface area contributed by atoms with Crippen LogP contribution in [0.25, 0.3) is 0 Å². The van der Waals surface area contributed by atoms with Gasteiger partial charge in [0, 0.05) is 23.8 Å². The van der Waals surface area contributed by atoms with Crippen molar-refractivity contribution >= 4 is 11.6 Å². The number of nitrogens with one attached hydrogen (secondary N) is 2. The maximum Gasteiger partial charge on any atom is 0.251 e. The standard InChI is InChI=1S/C17H28N2O2/c1-3-4-5-6-7-14(2)19-16-10-8-15(9-11-16)17(21)18-12-13-20/h8-11,14,19-20H,3-7,12-13H2,1-2H3,(H,18,21). The van der Waals surface area contributed by atoms with Crippen LogP contribution in [-0.4, -0.2) is 30.2 Å². The summed E-state index contributed by atoms with van der Waals surface area (Å²) < 4.78 is 0. The lowest BCUT2D eigenvalue weighted by molar-refractivity contribution is 0.0945. The lowest BCUT2D eigenvalue weighted by Crippen LogP contribution is -2.26. The Bertz CT molecular complexity index is 404. The second-order valence-corrected chi connectivity index (χ2v) is 5.45. The molecule has 1 unspecified atom stereocenters. The highest BCUT2D eigenvalue weighted by Crippen LogP contribution is 2.14. The summed E-state index contributed by atoms with van der Waals surface area (Å²) in [6, 6.07) is 7.90. The van der Waals surface area contributed by atoms with Crippen molar-refractivity contribution in [1.82, 2.24) is 5.32 Å². The first-order valence-corrected chi connectivity index (χ1v) is 7.93. The molecule has 0 bridgehead atoms. The lowest BCUT2D eigenvalue weighted by Gasteiger charge is -2.15. The van der Waals surface area contributed by atoms with Crippen molar-refractivity contribution in [2.75, 3.05) is 18.5 Å². The van der Waals surface area contributed by atoms with Gasteiger partial charge < -0.3 is 15.7 Å². The van der Waals surface area contributed by atoms with Crippen LogP contribution in [0.1, 0.15) is 56.3 Å². The van der Waals surface area contributed by atoms with Gasteiger partial charge >= 0.3 is 0 Å². The summed E-state index contributed by atoms with van der Waals surface area (Å²) in [5.41, 5.74) is 1.65. The fraction of sp³-hybridized carbons (Fsp3) is 0.588. The minimum Gasteiger partial charge on any atom is -0.395 e. The Labute approximate surface area is 128 Å². The van der Waals surface area contributed by atoms with Crippen molar-refractivity contribution in [2.45, 2.75) is 52.0 Å². The van der Waals surface area contributed by atoms with E-state index in [0.717, 1.165) is 5.69 Å². The summed E-state index contributed by atoms with van der Waals surface area (Å²) >= 11 is 0. The number of carbonyl (C=O) groups is 1. The molecule has 0 fully saturated rings. The molecule has 0 saturated heterocycles. The number of hydrogen-bond acceptors (Lipinski definition) is 3. The molecule has 1 atom stereocenters. The van der Waals surface area contributed by atoms with Crippen LogP contribution >= 0.6 is 0 Å². The monoisotopic (exact) mass is 292 g/mol. The third-order valence-corrected chi connectivity index (χ3v) is 3.45. The molecule has 4 nitrogen and oxygen atoms in total. The van der Waals surface area contributed by atoms with E-state index in [1.54, 1.807) is 12.1 Å². The van der Waals surface area contributed by atoms with E-state index in [2.05, 4.69) is 24.5 Å². The van der Waals surface area contributed by atoms with Crippen LogP contribution in [0, 0.1) is 0 Å². The second-order valence-electron chi connectivity index (χ2n) is 5.45. The molecular formula is C17H28N2O2. The molecule has 0 saturated carbocycles. The van der Waals surface area contributed by atoms with E-state index in [1.807, 2.05) is 12.1 Å². The van der Waals surface area contributed by atoms with Crippen LogP contribution in [0.2, 0.25) is 0 Å². The van der Waals surface area contributed by atoms with E-state index in [1.165, 1.54) is 32.1 Å². The molecule has 0 aromatic heterocycles. The van der Waals surface area contributed by atoms with Gasteiger partial charge in [0.1, 0.15) is 0 Å². The SMILES string of the molecule is CCCCCCC(C)Nc1ccc(C(=O)NCCO)cc1. The van der Waals surface area contributed by atoms with Crippen LogP contribution in [0.4, 0.5) is 5.69 Å². The predicted molar refractivity (Wildman–Crippen MR) is 87.7 cm³/mol. The minimum atomic E-state index is -0.150. The van der Waals surface area contributed by atoms with Gasteiger partial charge in [0.05, 0.1) is 6.61 Å². The molecule has 1 aromatic rings. The van der Waals surface area contributed by atoms with Gasteiger partial charge in [-0.05, 0) is 37.6 Å². The molecule has 0 aliphatic heterocycles. The fourth-order valence-electron chi connectivity index (χ4n) is 2.22. The number of aliphatic hydroxyl groups excluding tert-OH is 1. The number of anilines is 1. The number of rotatable bonds is 10. The summed E-state index contributed by atoms with van der Waals surface area (Å²) in [5, 5.41) is 14.8. The van der Waals surface area contributed by atoms with Gasteiger partial charge in [0.25, 0.3) is 5.91 Å². The molecule has 0 heterocycles. The smallest absolute Gasteiger partial charge is 0.251 e. The minimum absolute atomic E-state index is 0.0407. The van der Waals surface area contributed by atoms with Gasteiger partial charge in [-0.2, -0.15) is 0 Å². The summed E-state index contributed by atoms with van der Waals surface area (Å²) in [5.74, 6) is -0.150. The van der Waals surface area contributed by atoms with Crippen molar-refractivity contribution in [3.63, 3.8) is 0 Å². The van der Waals surface area contributed by atoms with Crippen LogP contribution in [0.15, 0.2) is 24.3 Å². The predicted octanol–water partition coefficient (Wildman–Crippen LogP) is 3.18. The Hall–Kier alpha value is -1.55. The van der Waals surface area contributed by atoms with E-state index in [-0.39, 0.29) is 19.1 Å². The number of carbonyl (C=O) groups excluding carboxylic acids is 1. The van der Waals surface area contributed by atoms with Crippen LogP contribution in [0.5, 0.6) is 0 Å². The first kappa shape index (κ1) is 17.5. The molecule has 4 heteroatoms. The highest BCUT2D eigenvalue weighted by atomic mass is 16.3. The first-order chi connectivity index (χ1) is 10.2. The average Bonchev–Trinajstić information content (AvgIpc) is 2.50. The Kier molecular flexibility index (Phi) is 8.51. The molecule has 1 amide bonds. The summed E-state index contributed by atoms with van der Waals surface area (Å²) in [6.45, 7) is 4.66. The van der Waals surface area contributed by atoms with E-state index in [4.69, 9.17) is 5.11 Å². The van der Waals surface area contributed by atoms with E-state index in [0.29, 0.717) is 11.6 Å². The number of amides is 1. The molecule has 21 heavy (non-hydrogen) atoms. The van der Waals surface area contributed by atoms with Crippen LogP contribution in [-0.2, 0) is 0 Å². The topological polar surface area (TPSA) is 61.4 Å². The number of unbranched alkanes of at least 4 members (excludes halogenated alkanes) is 3. The van der Waals surface area contributed by atoms with Gasteiger partial charge in [-0.25, -0.2) is 0 Å². The van der Waals surface area contributed by atoms with Gasteiger partial charge in [-0.3, -0.25) is 4.79 Å². The molecule has 0 spiro atoms. The van der Waals surface area contributed by atoms with E-state index in [9.17, 15) is 4.79 Å². The lowest BCUT2D eigenvalue weighted by atomic mass is 10.1. The van der Waals surface area contributed by atoms with Gasteiger partial charge in [0.15, 0.2) is 0 Å². The number of benzene rings is 1. The van der Waals surface area contributed by atoms with E-state index < -0.39 is 0 Å². The molecule has 1 rings (SSSR count). The fourth-order valence-corrected chi connectivity index (χ4v) is 2.22. The van der Waals surface area contributed by atoms with Gasteiger partial charge in [0.2, 0.25) is 0 Å². The average molecular weight is 292 g/mol. The molecule has 118 valence electrons. The zero-order chi connectivity index (χ0) is 15.5. The Morgan fingerprint density at radius 1 is 1.19 bits per heavy atom. The third-order valence-electron chi connectivity index (χ3n) is 3.45. The van der Waals surface area contributed by atoms with Crippen molar-refractivity contribution in [3.05, 3.63) is 29.8 Å². The van der Waals surface area contributed by atoms with Crippen LogP contribution in [0.3, 0.4) is 0 Å². The summed E-state index contributed by atoms with van der Waals surface area (Å²) in [7, 11) is 0. The maximum atomic E-state index is 11.7. The maximum absolute atomic E-state index is 11.7. The van der Waals surface area contributed by atoms with Crippen molar-refractivity contribution in [3.8, 4) is 0 Å². The number of hydrogen-bond donors (Lipinski definition) is 3. The largest absolute Gasteiger partial charge is 0.395 e. The van der Waals surface area contributed by atoms with Gasteiger partial charge in [-0.15, -0.1) is 0 Å². The normalized spacial score (nSPS) is 12.0. The first-order valence-electron chi connectivity index (χ1n) is 7.93. The Balaban J connectivity index is 2.38. The zero-order valence-corrected chi connectivity index (χ0v) is 13.2. The van der Waals surface area contributed by atoms with Crippen molar-refractivity contribution in [2.24, 2.45) is 0 Å². The second kappa shape index (κ2) is 10.2. The molecule has 0 aliphatic rings. The zero-order valence-electron chi connectivity index (χ0n) is 13.2. The molecular weight excluding hydrogens is 264 g/mol. The van der Waals surface area contributed by atoms with Crippen molar-refractivity contribution in [1.29, 1.82) is 0 Å². The Morgan fingerprint density at radius 3 is 2.52 bits per heavy atom. The van der Waals surface area contributed by atoms with Gasteiger partial charge in [-0.1, -0.05) is 32.6 Å². The summed E-state index contributed by atoms with van der Waals surface area (Å²) in [6.07, 6.45) is 6.29. The Morgan fingerprint density at radius 2 is 1.90 bits per heavy atom. The van der Waals surface area contributed by atoms with E-state index >= 15 is 0 Å².